The molecule has 40 heavy (non-hydrogen) atoms. The number of piperazine rings is 1. The molecule has 2 aromatic carbocycles. The number of nitrogens with zero attached hydrogens (tertiary/aromatic N) is 5. The molecule has 5 rings (SSSR count). The van der Waals surface area contributed by atoms with Crippen molar-refractivity contribution in [3.63, 3.8) is 0 Å². The fourth-order valence-electron chi connectivity index (χ4n) is 4.90. The summed E-state index contributed by atoms with van der Waals surface area (Å²) >= 11 is 0. The molecule has 1 fully saturated rings. The number of nitrogens with one attached hydrogen (secondary N) is 2. The molecule has 3 heterocycles. The van der Waals surface area contributed by atoms with Gasteiger partial charge in [0.05, 0.1) is 24.0 Å². The van der Waals surface area contributed by atoms with Crippen molar-refractivity contribution in [2.24, 2.45) is 0 Å². The number of hydrogen-bond donors (Lipinski definition) is 2. The Balaban J connectivity index is 1.28. The van der Waals surface area contributed by atoms with Gasteiger partial charge in [0.2, 0.25) is 0 Å². The summed E-state index contributed by atoms with van der Waals surface area (Å²) in [5, 5.41) is 10.4. The van der Waals surface area contributed by atoms with Crippen molar-refractivity contribution in [1.29, 1.82) is 0 Å². The van der Waals surface area contributed by atoms with E-state index >= 15 is 0 Å². The van der Waals surface area contributed by atoms with Crippen LogP contribution in [0.1, 0.15) is 39.7 Å². The van der Waals surface area contributed by atoms with Crippen LogP contribution in [0.15, 0.2) is 60.9 Å². The lowest BCUT2D eigenvalue weighted by Gasteiger charge is -2.34. The van der Waals surface area contributed by atoms with Crippen LogP contribution in [0, 0.1) is 6.92 Å². The molecule has 0 unspecified atom stereocenters. The van der Waals surface area contributed by atoms with E-state index < -0.39 is 17.6 Å². The molecule has 1 amide bonds. The second kappa shape index (κ2) is 11.6. The zero-order valence-corrected chi connectivity index (χ0v) is 22.5. The molecule has 0 saturated carbocycles. The van der Waals surface area contributed by atoms with Gasteiger partial charge in [-0.25, -0.2) is 9.50 Å². The van der Waals surface area contributed by atoms with E-state index in [1.54, 1.807) is 29.0 Å². The number of carbonyl (C=O) groups is 1. The maximum Gasteiger partial charge on any atom is 0.416 e. The van der Waals surface area contributed by atoms with Crippen molar-refractivity contribution in [3.8, 4) is 0 Å². The largest absolute Gasteiger partial charge is 0.416 e. The number of hydrogen-bond acceptors (Lipinski definition) is 6. The molecule has 1 saturated heterocycles. The first kappa shape index (κ1) is 27.6. The lowest BCUT2D eigenvalue weighted by molar-refractivity contribution is -0.138. The Hall–Kier alpha value is -3.96. The Morgan fingerprint density at radius 3 is 2.55 bits per heavy atom. The monoisotopic (exact) mass is 551 g/mol. The van der Waals surface area contributed by atoms with Gasteiger partial charge in [-0.2, -0.15) is 18.3 Å². The Labute approximate surface area is 230 Å². The highest BCUT2D eigenvalue weighted by molar-refractivity contribution is 6.04. The molecule has 1 aliphatic rings. The zero-order chi connectivity index (χ0) is 28.3. The van der Waals surface area contributed by atoms with E-state index in [1.807, 2.05) is 30.0 Å². The van der Waals surface area contributed by atoms with E-state index in [4.69, 9.17) is 0 Å². The molecular weight excluding hydrogens is 519 g/mol. The predicted octanol–water partition coefficient (Wildman–Crippen LogP) is 5.06. The maximum absolute atomic E-state index is 14.0. The van der Waals surface area contributed by atoms with Crippen LogP contribution in [-0.4, -0.2) is 63.0 Å². The number of fused-ring (bicyclic) bond motifs is 1. The van der Waals surface area contributed by atoms with Gasteiger partial charge in [0.1, 0.15) is 0 Å². The van der Waals surface area contributed by atoms with Crippen LogP contribution in [0.5, 0.6) is 0 Å². The smallest absolute Gasteiger partial charge is 0.379 e. The summed E-state index contributed by atoms with van der Waals surface area (Å²) < 4.78 is 43.8. The van der Waals surface area contributed by atoms with Gasteiger partial charge < -0.3 is 15.5 Å². The second-order valence-electron chi connectivity index (χ2n) is 9.96. The number of aromatic nitrogens is 3. The predicted molar refractivity (Wildman–Crippen MR) is 148 cm³/mol. The number of imidazole rings is 1. The molecule has 4 aromatic rings. The van der Waals surface area contributed by atoms with E-state index in [1.165, 1.54) is 12.1 Å². The van der Waals surface area contributed by atoms with Crippen LogP contribution in [-0.2, 0) is 19.3 Å². The van der Waals surface area contributed by atoms with Gasteiger partial charge in [-0.1, -0.05) is 19.1 Å². The number of alkyl halides is 3. The number of amides is 1. The Bertz CT molecular complexity index is 1490. The van der Waals surface area contributed by atoms with Crippen molar-refractivity contribution in [3.05, 3.63) is 88.9 Å². The number of anilines is 2. The first-order chi connectivity index (χ1) is 19.2. The number of aryl methyl sites for hydroxylation is 1. The van der Waals surface area contributed by atoms with Crippen LogP contribution in [0.25, 0.3) is 5.65 Å². The van der Waals surface area contributed by atoms with E-state index in [0.29, 0.717) is 25.3 Å². The highest BCUT2D eigenvalue weighted by atomic mass is 19.4. The molecule has 2 aromatic heterocycles. The van der Waals surface area contributed by atoms with Crippen LogP contribution >= 0.6 is 0 Å². The molecule has 1 aliphatic heterocycles. The Morgan fingerprint density at radius 1 is 1.02 bits per heavy atom. The molecule has 0 spiro atoms. The van der Waals surface area contributed by atoms with Crippen molar-refractivity contribution < 1.29 is 18.0 Å². The highest BCUT2D eigenvalue weighted by Crippen LogP contribution is 2.34. The van der Waals surface area contributed by atoms with Gasteiger partial charge >= 0.3 is 6.18 Å². The van der Waals surface area contributed by atoms with Gasteiger partial charge in [-0.05, 0) is 61.0 Å². The van der Waals surface area contributed by atoms with Crippen LogP contribution in [0.4, 0.5) is 24.5 Å². The molecule has 8 nitrogen and oxygen atoms in total. The third-order valence-electron chi connectivity index (χ3n) is 7.29. The summed E-state index contributed by atoms with van der Waals surface area (Å²) in [7, 11) is 0. The molecule has 11 heteroatoms. The summed E-state index contributed by atoms with van der Waals surface area (Å²) in [5.41, 5.74) is 3.15. The minimum absolute atomic E-state index is 0.0428. The van der Waals surface area contributed by atoms with Gasteiger partial charge in [0.25, 0.3) is 5.91 Å². The lowest BCUT2D eigenvalue weighted by atomic mass is 10.0. The SMILES string of the molecule is CCN1CCN(Cc2ccc(C(=O)Nc3ccc(C)c(NCc4cnc5cccnn45)c3)cc2C(F)(F)F)CC1. The zero-order valence-electron chi connectivity index (χ0n) is 22.5. The summed E-state index contributed by atoms with van der Waals surface area (Å²) in [6, 6.07) is 12.9. The number of likely N-dealkylation sites (N-methyl/N-ethyl adjacent to an activating group) is 1. The minimum atomic E-state index is -4.56. The normalized spacial score (nSPS) is 14.9. The first-order valence-electron chi connectivity index (χ1n) is 13.3. The second-order valence-corrected chi connectivity index (χ2v) is 9.96. The molecule has 0 aliphatic carbocycles. The van der Waals surface area contributed by atoms with E-state index in [0.717, 1.165) is 48.3 Å². The molecule has 210 valence electrons. The number of carbonyl (C=O) groups excluding carboxylic acids is 1. The first-order valence-corrected chi connectivity index (χ1v) is 13.3. The fraction of sp³-hybridized carbons (Fsp3) is 0.345. The highest BCUT2D eigenvalue weighted by Gasteiger charge is 2.34. The third kappa shape index (κ3) is 6.26. The average Bonchev–Trinajstić information content (AvgIpc) is 3.36. The van der Waals surface area contributed by atoms with Crippen molar-refractivity contribution in [2.45, 2.75) is 33.1 Å². The van der Waals surface area contributed by atoms with Gasteiger partial charge in [-0.3, -0.25) is 9.69 Å². The van der Waals surface area contributed by atoms with Gasteiger partial charge in [0.15, 0.2) is 5.65 Å². The van der Waals surface area contributed by atoms with E-state index in [9.17, 15) is 18.0 Å². The topological polar surface area (TPSA) is 77.8 Å². The molecule has 2 N–H and O–H groups in total. The van der Waals surface area contributed by atoms with Crippen LogP contribution in [0.3, 0.4) is 0 Å². The fourth-order valence-corrected chi connectivity index (χ4v) is 4.90. The Morgan fingerprint density at radius 2 is 1.80 bits per heavy atom. The summed E-state index contributed by atoms with van der Waals surface area (Å²) in [6.45, 7) is 8.68. The minimum Gasteiger partial charge on any atom is -0.379 e. The van der Waals surface area contributed by atoms with Crippen LogP contribution < -0.4 is 10.6 Å². The van der Waals surface area contributed by atoms with Gasteiger partial charge in [-0.15, -0.1) is 0 Å². The lowest BCUT2D eigenvalue weighted by Crippen LogP contribution is -2.45. The summed E-state index contributed by atoms with van der Waals surface area (Å²) in [5.74, 6) is -0.602. The molecule has 0 bridgehead atoms. The van der Waals surface area contributed by atoms with Gasteiger partial charge in [0, 0.05) is 55.9 Å². The van der Waals surface area contributed by atoms with E-state index in [2.05, 4.69) is 32.5 Å². The van der Waals surface area contributed by atoms with E-state index in [-0.39, 0.29) is 17.7 Å². The maximum atomic E-state index is 14.0. The summed E-state index contributed by atoms with van der Waals surface area (Å²) in [6.07, 6.45) is -1.14. The standard InChI is InChI=1S/C29H32F3N7O/c1-3-37-11-13-38(14-12-37)19-22-8-7-21(15-25(22)29(30,31)32)28(40)36-23-9-6-20(2)26(16-23)33-17-24-18-34-27-5-4-10-35-39(24)27/h4-10,15-16,18,33H,3,11-14,17,19H2,1-2H3,(H,36,40). The Kier molecular flexibility index (Phi) is 8.04. The summed E-state index contributed by atoms with van der Waals surface area (Å²) in [4.78, 5) is 21.7. The number of rotatable bonds is 8. The number of halogens is 3. The molecule has 0 atom stereocenters. The molecular formula is C29H32F3N7O. The number of benzene rings is 2. The van der Waals surface area contributed by atoms with Crippen molar-refractivity contribution in [1.82, 2.24) is 24.4 Å². The quantitative estimate of drug-likeness (QED) is 0.319. The van der Waals surface area contributed by atoms with Crippen molar-refractivity contribution in [2.75, 3.05) is 43.4 Å². The average molecular weight is 552 g/mol. The van der Waals surface area contributed by atoms with Crippen molar-refractivity contribution >= 4 is 22.9 Å². The third-order valence-corrected chi connectivity index (χ3v) is 7.29. The molecule has 0 radical (unpaired) electrons. The van der Waals surface area contributed by atoms with Crippen LogP contribution in [0.2, 0.25) is 0 Å².